The topological polar surface area (TPSA) is 9.23 Å². The number of rotatable bonds is 2. The van der Waals surface area contributed by atoms with Crippen LogP contribution in [-0.4, -0.2) is 0 Å². The van der Waals surface area contributed by atoms with Gasteiger partial charge in [0.15, 0.2) is 0 Å². The van der Waals surface area contributed by atoms with E-state index < -0.39 is 0 Å². The first-order valence-corrected chi connectivity index (χ1v) is 4.18. The molecule has 1 aromatic rings. The first-order valence-electron chi connectivity index (χ1n) is 3.82. The Bertz CT molecular complexity index is 255. The molecule has 1 aliphatic rings. The van der Waals surface area contributed by atoms with E-state index in [9.17, 15) is 0 Å². The molecule has 0 unspecified atom stereocenters. The summed E-state index contributed by atoms with van der Waals surface area (Å²) in [6.45, 7) is 0. The Labute approximate surface area is 72.0 Å². The molecular weight excluding hydrogens is 156 g/mol. The summed E-state index contributed by atoms with van der Waals surface area (Å²) in [6, 6.07) is 8.09. The predicted octanol–water partition coefficient (Wildman–Crippen LogP) is 2.79. The van der Waals surface area contributed by atoms with E-state index in [2.05, 4.69) is 19.0 Å². The van der Waals surface area contributed by atoms with Crippen molar-refractivity contribution >= 4 is 12.9 Å². The number of thiol groups is 1. The van der Waals surface area contributed by atoms with Crippen molar-refractivity contribution in [2.75, 3.05) is 0 Å². The second-order valence-electron chi connectivity index (χ2n) is 2.90. The molecule has 58 valence electrons. The Morgan fingerprint density at radius 2 is 2.00 bits per heavy atom. The lowest BCUT2D eigenvalue weighted by Gasteiger charge is -2.03. The van der Waals surface area contributed by atoms with Crippen molar-refractivity contribution in [2.45, 2.75) is 18.8 Å². The Morgan fingerprint density at radius 3 is 2.64 bits per heavy atom. The van der Waals surface area contributed by atoms with Gasteiger partial charge in [-0.05, 0) is 30.4 Å². The van der Waals surface area contributed by atoms with Gasteiger partial charge in [0, 0.05) is 12.9 Å². The first-order chi connectivity index (χ1) is 5.42. The largest absolute Gasteiger partial charge is 0.429 e. The van der Waals surface area contributed by atoms with Gasteiger partial charge in [-0.3, -0.25) is 0 Å². The van der Waals surface area contributed by atoms with Crippen LogP contribution in [-0.2, 0) is 0 Å². The average molecular weight is 166 g/mol. The minimum Gasteiger partial charge on any atom is -0.429 e. The second kappa shape index (κ2) is 2.78. The Kier molecular flexibility index (Phi) is 1.78. The highest BCUT2D eigenvalue weighted by molar-refractivity contribution is 7.75. The molecule has 0 aromatic heterocycles. The highest BCUT2D eigenvalue weighted by Crippen LogP contribution is 2.44. The molecule has 1 aliphatic carbocycles. The third-order valence-electron chi connectivity index (χ3n) is 2.03. The van der Waals surface area contributed by atoms with Crippen molar-refractivity contribution in [3.05, 3.63) is 29.8 Å². The molecule has 0 spiro atoms. The molecule has 0 heterocycles. The summed E-state index contributed by atoms with van der Waals surface area (Å²) in [4.78, 5) is 0. The zero-order valence-corrected chi connectivity index (χ0v) is 7.05. The molecule has 1 aromatic carbocycles. The quantitative estimate of drug-likeness (QED) is 0.525. The summed E-state index contributed by atoms with van der Waals surface area (Å²) < 4.78 is 4.94. The van der Waals surface area contributed by atoms with Crippen molar-refractivity contribution in [1.29, 1.82) is 0 Å². The molecular formula is C9H10OS. The van der Waals surface area contributed by atoms with Crippen molar-refractivity contribution in [1.82, 2.24) is 0 Å². The lowest BCUT2D eigenvalue weighted by molar-refractivity contribution is 0.646. The van der Waals surface area contributed by atoms with Gasteiger partial charge in [-0.25, -0.2) is 0 Å². The van der Waals surface area contributed by atoms with Crippen LogP contribution in [0.5, 0.6) is 5.75 Å². The van der Waals surface area contributed by atoms with Crippen LogP contribution in [0.4, 0.5) is 0 Å². The Hall–Kier alpha value is -0.630. The van der Waals surface area contributed by atoms with E-state index in [-0.39, 0.29) is 0 Å². The maximum atomic E-state index is 4.94. The smallest absolute Gasteiger partial charge is 0.140 e. The standard InChI is InChI=1S/C9H10OS/c11-10-9-4-2-1-3-8(9)7-5-6-7/h1-4,7,11H,5-6H2. The molecule has 2 heteroatoms. The molecule has 0 saturated heterocycles. The van der Waals surface area contributed by atoms with E-state index in [0.717, 1.165) is 11.7 Å². The maximum absolute atomic E-state index is 4.94. The van der Waals surface area contributed by atoms with Crippen LogP contribution in [0.1, 0.15) is 24.3 Å². The minimum absolute atomic E-state index is 0.735. The fourth-order valence-electron chi connectivity index (χ4n) is 1.30. The lowest BCUT2D eigenvalue weighted by atomic mass is 10.1. The SMILES string of the molecule is SOc1ccccc1C1CC1. The molecule has 0 aliphatic heterocycles. The van der Waals surface area contributed by atoms with Crippen LogP contribution >= 0.6 is 12.9 Å². The van der Waals surface area contributed by atoms with E-state index in [1.807, 2.05) is 18.2 Å². The van der Waals surface area contributed by atoms with Gasteiger partial charge in [0.1, 0.15) is 5.75 Å². The molecule has 0 radical (unpaired) electrons. The maximum Gasteiger partial charge on any atom is 0.140 e. The fourth-order valence-corrected chi connectivity index (χ4v) is 1.46. The average Bonchev–Trinajstić information content (AvgIpc) is 2.87. The Morgan fingerprint density at radius 1 is 1.27 bits per heavy atom. The fraction of sp³-hybridized carbons (Fsp3) is 0.333. The zero-order chi connectivity index (χ0) is 7.68. The van der Waals surface area contributed by atoms with E-state index in [1.165, 1.54) is 18.4 Å². The molecule has 0 N–H and O–H groups in total. The van der Waals surface area contributed by atoms with Crippen LogP contribution in [0.2, 0.25) is 0 Å². The van der Waals surface area contributed by atoms with E-state index in [1.54, 1.807) is 0 Å². The Balaban J connectivity index is 2.34. The summed E-state index contributed by atoms with van der Waals surface area (Å²) in [5, 5.41) is 0. The molecule has 0 atom stereocenters. The molecule has 0 amide bonds. The summed E-state index contributed by atoms with van der Waals surface area (Å²) in [5.74, 6) is 1.65. The monoisotopic (exact) mass is 166 g/mol. The third kappa shape index (κ3) is 1.36. The van der Waals surface area contributed by atoms with E-state index in [4.69, 9.17) is 4.18 Å². The number of para-hydroxylation sites is 1. The van der Waals surface area contributed by atoms with E-state index in [0.29, 0.717) is 0 Å². The summed E-state index contributed by atoms with van der Waals surface area (Å²) >= 11 is 3.80. The number of benzene rings is 1. The number of hydrogen-bond acceptors (Lipinski definition) is 2. The highest BCUT2D eigenvalue weighted by atomic mass is 32.1. The second-order valence-corrected chi connectivity index (χ2v) is 3.09. The van der Waals surface area contributed by atoms with Crippen molar-refractivity contribution in [3.63, 3.8) is 0 Å². The van der Waals surface area contributed by atoms with E-state index >= 15 is 0 Å². The molecule has 11 heavy (non-hydrogen) atoms. The van der Waals surface area contributed by atoms with Crippen LogP contribution in [0, 0.1) is 0 Å². The van der Waals surface area contributed by atoms with Crippen molar-refractivity contribution in [3.8, 4) is 5.75 Å². The summed E-state index contributed by atoms with van der Waals surface area (Å²) in [6.07, 6.45) is 2.60. The summed E-state index contributed by atoms with van der Waals surface area (Å²) in [5.41, 5.74) is 1.31. The normalized spacial score (nSPS) is 16.5. The van der Waals surface area contributed by atoms with Crippen LogP contribution in [0.25, 0.3) is 0 Å². The van der Waals surface area contributed by atoms with Crippen LogP contribution in [0.3, 0.4) is 0 Å². The van der Waals surface area contributed by atoms with Gasteiger partial charge in [0.05, 0.1) is 0 Å². The van der Waals surface area contributed by atoms with Crippen molar-refractivity contribution in [2.24, 2.45) is 0 Å². The van der Waals surface area contributed by atoms with Gasteiger partial charge < -0.3 is 4.18 Å². The minimum atomic E-state index is 0.735. The third-order valence-corrected chi connectivity index (χ3v) is 2.23. The van der Waals surface area contributed by atoms with Gasteiger partial charge in [-0.2, -0.15) is 0 Å². The van der Waals surface area contributed by atoms with Crippen LogP contribution < -0.4 is 4.18 Å². The summed E-state index contributed by atoms with van der Waals surface area (Å²) in [7, 11) is 0. The molecule has 0 bridgehead atoms. The van der Waals surface area contributed by atoms with Gasteiger partial charge in [0.2, 0.25) is 0 Å². The number of hydrogen-bond donors (Lipinski definition) is 1. The van der Waals surface area contributed by atoms with Gasteiger partial charge in [0.25, 0.3) is 0 Å². The zero-order valence-electron chi connectivity index (χ0n) is 6.16. The van der Waals surface area contributed by atoms with Gasteiger partial charge in [-0.1, -0.05) is 18.2 Å². The molecule has 1 fully saturated rings. The molecule has 1 nitrogen and oxygen atoms in total. The highest BCUT2D eigenvalue weighted by Gasteiger charge is 2.26. The van der Waals surface area contributed by atoms with Crippen molar-refractivity contribution < 1.29 is 4.18 Å². The lowest BCUT2D eigenvalue weighted by Crippen LogP contribution is -1.83. The van der Waals surface area contributed by atoms with Crippen LogP contribution in [0.15, 0.2) is 24.3 Å². The molecule has 1 saturated carbocycles. The first kappa shape index (κ1) is 7.04. The van der Waals surface area contributed by atoms with Gasteiger partial charge >= 0.3 is 0 Å². The van der Waals surface area contributed by atoms with Gasteiger partial charge in [-0.15, -0.1) is 0 Å². The predicted molar refractivity (Wildman–Crippen MR) is 48.0 cm³/mol. The molecule has 2 rings (SSSR count).